The van der Waals surface area contributed by atoms with E-state index in [9.17, 15) is 19.7 Å². The smallest absolute Gasteiger partial charge is 0.274 e. The van der Waals surface area contributed by atoms with Gasteiger partial charge in [0.05, 0.1) is 10.7 Å². The van der Waals surface area contributed by atoms with Crippen molar-refractivity contribution in [1.29, 1.82) is 0 Å². The van der Waals surface area contributed by atoms with Crippen LogP contribution in [0.2, 0.25) is 0 Å². The second-order valence-corrected chi connectivity index (χ2v) is 6.92. The zero-order valence-electron chi connectivity index (χ0n) is 15.5. The first-order valence-corrected chi connectivity index (χ1v) is 9.40. The molecule has 0 aliphatic heterocycles. The molecule has 29 heavy (non-hydrogen) atoms. The van der Waals surface area contributed by atoms with Crippen LogP contribution in [-0.2, 0) is 4.79 Å². The molecule has 1 N–H and O–H groups in total. The number of carbonyl (C=O) groups excluding carboxylic acids is 2. The van der Waals surface area contributed by atoms with E-state index in [1.165, 1.54) is 13.0 Å². The standard InChI is InChI=1S/C18H16N6O4S/c1-11-3-4-14(9-15(11)24(27)28)20-16(26)10-29-18-21-17(22-23(18)12(2)25)13-5-7-19-8-6-13/h3-9H,10H2,1-2H3,(H,20,26). The SMILES string of the molecule is CC(=O)n1nc(-c2ccncc2)nc1SCC(=O)Nc1ccc(C)c([N+](=O)[O-])c1. The van der Waals surface area contributed by atoms with Gasteiger partial charge < -0.3 is 5.32 Å². The van der Waals surface area contributed by atoms with Crippen molar-refractivity contribution in [2.24, 2.45) is 0 Å². The number of aromatic nitrogens is 4. The van der Waals surface area contributed by atoms with Crippen LogP contribution in [-0.4, -0.2) is 42.2 Å². The Bertz CT molecular complexity index is 1080. The Morgan fingerprint density at radius 1 is 1.24 bits per heavy atom. The first-order chi connectivity index (χ1) is 13.8. The van der Waals surface area contributed by atoms with Gasteiger partial charge in [0.15, 0.2) is 11.0 Å². The molecular weight excluding hydrogens is 396 g/mol. The van der Waals surface area contributed by atoms with Gasteiger partial charge in [-0.1, -0.05) is 17.8 Å². The molecule has 1 amide bonds. The number of carbonyl (C=O) groups is 2. The lowest BCUT2D eigenvalue weighted by Crippen LogP contribution is -2.16. The van der Waals surface area contributed by atoms with Crippen molar-refractivity contribution in [1.82, 2.24) is 19.7 Å². The molecule has 2 aromatic heterocycles. The zero-order valence-corrected chi connectivity index (χ0v) is 16.3. The van der Waals surface area contributed by atoms with Gasteiger partial charge in [-0.05, 0) is 25.1 Å². The van der Waals surface area contributed by atoms with Crippen LogP contribution in [0.4, 0.5) is 11.4 Å². The molecule has 0 radical (unpaired) electrons. The largest absolute Gasteiger partial charge is 0.325 e. The molecule has 0 atom stereocenters. The van der Waals surface area contributed by atoms with Gasteiger partial charge in [-0.2, -0.15) is 4.68 Å². The number of aryl methyl sites for hydroxylation is 1. The molecule has 0 unspecified atom stereocenters. The summed E-state index contributed by atoms with van der Waals surface area (Å²) < 4.78 is 1.13. The minimum Gasteiger partial charge on any atom is -0.325 e. The Labute approximate surface area is 169 Å². The van der Waals surface area contributed by atoms with Crippen LogP contribution in [0.5, 0.6) is 0 Å². The van der Waals surface area contributed by atoms with Gasteiger partial charge in [0.1, 0.15) is 0 Å². The molecule has 2 heterocycles. The minimum atomic E-state index is -0.504. The van der Waals surface area contributed by atoms with Gasteiger partial charge in [0, 0.05) is 42.2 Å². The summed E-state index contributed by atoms with van der Waals surface area (Å²) in [7, 11) is 0. The quantitative estimate of drug-likeness (QED) is 0.371. The van der Waals surface area contributed by atoms with Gasteiger partial charge in [-0.3, -0.25) is 24.7 Å². The third-order valence-electron chi connectivity index (χ3n) is 3.84. The van der Waals surface area contributed by atoms with Crippen molar-refractivity contribution >= 4 is 35.0 Å². The molecule has 0 bridgehead atoms. The van der Waals surface area contributed by atoms with Crippen LogP contribution >= 0.6 is 11.8 Å². The van der Waals surface area contributed by atoms with Crippen LogP contribution in [0.1, 0.15) is 17.3 Å². The number of hydrogen-bond donors (Lipinski definition) is 1. The number of pyridine rings is 1. The molecule has 10 nitrogen and oxygen atoms in total. The summed E-state index contributed by atoms with van der Waals surface area (Å²) in [6, 6.07) is 7.88. The molecule has 0 aliphatic rings. The van der Waals surface area contributed by atoms with E-state index in [-0.39, 0.29) is 22.5 Å². The summed E-state index contributed by atoms with van der Waals surface area (Å²) in [4.78, 5) is 42.9. The van der Waals surface area contributed by atoms with Crippen molar-refractivity contribution in [2.45, 2.75) is 19.0 Å². The summed E-state index contributed by atoms with van der Waals surface area (Å²) in [6.45, 7) is 2.97. The number of rotatable bonds is 6. The highest BCUT2D eigenvalue weighted by Gasteiger charge is 2.17. The number of amides is 1. The minimum absolute atomic E-state index is 0.0522. The fourth-order valence-corrected chi connectivity index (χ4v) is 3.21. The average Bonchev–Trinajstić information content (AvgIpc) is 3.13. The Morgan fingerprint density at radius 2 is 1.97 bits per heavy atom. The lowest BCUT2D eigenvalue weighted by molar-refractivity contribution is -0.385. The second-order valence-electron chi connectivity index (χ2n) is 5.98. The molecule has 11 heteroatoms. The molecule has 0 aliphatic carbocycles. The van der Waals surface area contributed by atoms with Gasteiger partial charge in [-0.25, -0.2) is 4.98 Å². The van der Waals surface area contributed by atoms with E-state index in [0.717, 1.165) is 16.4 Å². The topological polar surface area (TPSA) is 133 Å². The molecule has 0 saturated heterocycles. The maximum Gasteiger partial charge on any atom is 0.274 e. The highest BCUT2D eigenvalue weighted by atomic mass is 32.2. The lowest BCUT2D eigenvalue weighted by atomic mass is 10.2. The summed E-state index contributed by atoms with van der Waals surface area (Å²) in [5.74, 6) is -0.435. The summed E-state index contributed by atoms with van der Waals surface area (Å²) in [6.07, 6.45) is 3.18. The van der Waals surface area contributed by atoms with Crippen LogP contribution in [0.25, 0.3) is 11.4 Å². The number of nitrogens with one attached hydrogen (secondary N) is 1. The molecular formula is C18H16N6O4S. The van der Waals surface area contributed by atoms with Crippen LogP contribution in [0.3, 0.4) is 0 Å². The predicted molar refractivity (Wildman–Crippen MR) is 107 cm³/mol. The van der Waals surface area contributed by atoms with Gasteiger partial charge in [0.2, 0.25) is 11.8 Å². The average molecular weight is 412 g/mol. The predicted octanol–water partition coefficient (Wildman–Crippen LogP) is 2.95. The normalized spacial score (nSPS) is 10.6. The molecule has 3 aromatic rings. The molecule has 0 fully saturated rings. The van der Waals surface area contributed by atoms with Crippen molar-refractivity contribution in [3.05, 3.63) is 58.4 Å². The van der Waals surface area contributed by atoms with Crippen LogP contribution in [0, 0.1) is 17.0 Å². The van der Waals surface area contributed by atoms with E-state index in [1.807, 2.05) is 0 Å². The Morgan fingerprint density at radius 3 is 2.62 bits per heavy atom. The van der Waals surface area contributed by atoms with Crippen molar-refractivity contribution < 1.29 is 14.5 Å². The maximum absolute atomic E-state index is 12.3. The maximum atomic E-state index is 12.3. The summed E-state index contributed by atoms with van der Waals surface area (Å²) in [5.41, 5.74) is 1.44. The number of hydrogen-bond acceptors (Lipinski definition) is 8. The highest BCUT2D eigenvalue weighted by molar-refractivity contribution is 7.99. The molecule has 0 spiro atoms. The van der Waals surface area contributed by atoms with E-state index < -0.39 is 10.8 Å². The Balaban J connectivity index is 1.72. The second kappa shape index (κ2) is 8.61. The van der Waals surface area contributed by atoms with E-state index >= 15 is 0 Å². The van der Waals surface area contributed by atoms with Crippen molar-refractivity contribution in [3.63, 3.8) is 0 Å². The van der Waals surface area contributed by atoms with E-state index in [0.29, 0.717) is 22.6 Å². The number of benzene rings is 1. The molecule has 148 valence electrons. The Kier molecular flexibility index (Phi) is 5.98. The molecule has 3 rings (SSSR count). The fraction of sp³-hybridized carbons (Fsp3) is 0.167. The fourth-order valence-electron chi connectivity index (χ4n) is 2.43. The number of nitro groups is 1. The third-order valence-corrected chi connectivity index (χ3v) is 4.77. The summed E-state index contributed by atoms with van der Waals surface area (Å²) >= 11 is 1.04. The highest BCUT2D eigenvalue weighted by Crippen LogP contribution is 2.24. The van der Waals surface area contributed by atoms with Gasteiger partial charge in [-0.15, -0.1) is 5.10 Å². The van der Waals surface area contributed by atoms with E-state index in [4.69, 9.17) is 0 Å². The number of nitro benzene ring substituents is 1. The van der Waals surface area contributed by atoms with E-state index in [2.05, 4.69) is 20.4 Å². The zero-order chi connectivity index (χ0) is 21.0. The molecule has 1 aromatic carbocycles. The third kappa shape index (κ3) is 4.82. The first-order valence-electron chi connectivity index (χ1n) is 8.41. The number of nitrogens with zero attached hydrogens (tertiary/aromatic N) is 5. The lowest BCUT2D eigenvalue weighted by Gasteiger charge is -2.06. The first kappa shape index (κ1) is 20.1. The summed E-state index contributed by atoms with van der Waals surface area (Å²) in [5, 5.41) is 18.1. The Hall–Kier alpha value is -3.60. The van der Waals surface area contributed by atoms with Gasteiger partial charge in [0.25, 0.3) is 5.69 Å². The van der Waals surface area contributed by atoms with Crippen molar-refractivity contribution in [2.75, 3.05) is 11.1 Å². The van der Waals surface area contributed by atoms with Crippen LogP contribution in [0.15, 0.2) is 47.9 Å². The van der Waals surface area contributed by atoms with Gasteiger partial charge >= 0.3 is 0 Å². The number of thioether (sulfide) groups is 1. The van der Waals surface area contributed by atoms with Crippen LogP contribution < -0.4 is 5.32 Å². The van der Waals surface area contributed by atoms with E-state index in [1.54, 1.807) is 43.6 Å². The van der Waals surface area contributed by atoms with Crippen molar-refractivity contribution in [3.8, 4) is 11.4 Å². The number of anilines is 1. The molecule has 0 saturated carbocycles. The monoisotopic (exact) mass is 412 g/mol.